The monoisotopic (exact) mass is 394 g/mol. The Bertz CT molecular complexity index is 930. The lowest BCUT2D eigenvalue weighted by Gasteiger charge is -2.23. The van der Waals surface area contributed by atoms with Crippen molar-refractivity contribution in [3.8, 4) is 0 Å². The maximum absolute atomic E-state index is 12.8. The summed E-state index contributed by atoms with van der Waals surface area (Å²) in [4.78, 5) is 36.8. The van der Waals surface area contributed by atoms with Gasteiger partial charge in [-0.2, -0.15) is 0 Å². The van der Waals surface area contributed by atoms with Crippen molar-refractivity contribution < 1.29 is 24.2 Å². The molecule has 0 spiro atoms. The van der Waals surface area contributed by atoms with Gasteiger partial charge in [0.05, 0.1) is 24.0 Å². The van der Waals surface area contributed by atoms with Crippen LogP contribution < -0.4 is 10.6 Å². The van der Waals surface area contributed by atoms with Gasteiger partial charge in [-0.15, -0.1) is 0 Å². The standard InChI is InChI=1S/C22H22N2O5/c25-20(23-12-13-5-2-1-3-6-13)14-7-4-8-15(11-14)24-21(26)18-16-9-10-17(29-16)19(18)22(27)28/h1-8,11,16-19H,9-10,12H2,(H,23,25)(H,24,26)(H,27,28)/t16-,17-,18-,19+/m1/s1. The van der Waals surface area contributed by atoms with Crippen molar-refractivity contribution in [3.05, 3.63) is 65.7 Å². The number of benzene rings is 2. The molecule has 2 aliphatic heterocycles. The third kappa shape index (κ3) is 4.00. The van der Waals surface area contributed by atoms with Crippen LogP contribution in [0, 0.1) is 11.8 Å². The number of aliphatic carboxylic acids is 1. The molecule has 0 saturated carbocycles. The zero-order chi connectivity index (χ0) is 20.4. The van der Waals surface area contributed by atoms with Crippen LogP contribution in [-0.4, -0.2) is 35.1 Å². The van der Waals surface area contributed by atoms with E-state index < -0.39 is 23.9 Å². The quantitative estimate of drug-likeness (QED) is 0.698. The zero-order valence-electron chi connectivity index (χ0n) is 15.7. The maximum atomic E-state index is 12.8. The summed E-state index contributed by atoms with van der Waals surface area (Å²) in [6, 6.07) is 16.2. The van der Waals surface area contributed by atoms with Crippen LogP contribution in [-0.2, 0) is 20.9 Å². The first-order valence-corrected chi connectivity index (χ1v) is 9.64. The second-order valence-electron chi connectivity index (χ2n) is 7.42. The van der Waals surface area contributed by atoms with Gasteiger partial charge in [-0.1, -0.05) is 36.4 Å². The topological polar surface area (TPSA) is 105 Å². The first-order valence-electron chi connectivity index (χ1n) is 9.64. The predicted octanol–water partition coefficient (Wildman–Crippen LogP) is 2.43. The van der Waals surface area contributed by atoms with Crippen molar-refractivity contribution >= 4 is 23.5 Å². The third-order valence-electron chi connectivity index (χ3n) is 5.55. The van der Waals surface area contributed by atoms with E-state index in [-0.39, 0.29) is 17.9 Å². The molecule has 2 fully saturated rings. The van der Waals surface area contributed by atoms with Crippen LogP contribution in [0.4, 0.5) is 5.69 Å². The van der Waals surface area contributed by atoms with Gasteiger partial charge < -0.3 is 20.5 Å². The van der Waals surface area contributed by atoms with Gasteiger partial charge in [-0.25, -0.2) is 0 Å². The Kier molecular flexibility index (Phi) is 5.31. The molecule has 3 N–H and O–H groups in total. The summed E-state index contributed by atoms with van der Waals surface area (Å²) in [6.07, 6.45) is 0.596. The van der Waals surface area contributed by atoms with Gasteiger partial charge in [-0.3, -0.25) is 14.4 Å². The third-order valence-corrected chi connectivity index (χ3v) is 5.55. The zero-order valence-corrected chi connectivity index (χ0v) is 15.7. The molecule has 2 saturated heterocycles. The minimum atomic E-state index is -1.01. The van der Waals surface area contributed by atoms with Crippen LogP contribution >= 0.6 is 0 Å². The number of carbonyl (C=O) groups is 3. The van der Waals surface area contributed by atoms with E-state index in [0.717, 1.165) is 5.56 Å². The average Bonchev–Trinajstić information content (AvgIpc) is 3.34. The Morgan fingerprint density at radius 3 is 2.41 bits per heavy atom. The lowest BCUT2D eigenvalue weighted by Crippen LogP contribution is -2.41. The van der Waals surface area contributed by atoms with E-state index in [0.29, 0.717) is 30.6 Å². The molecule has 2 aromatic rings. The second-order valence-corrected chi connectivity index (χ2v) is 7.42. The number of hydrogen-bond acceptors (Lipinski definition) is 4. The van der Waals surface area contributed by atoms with E-state index in [1.165, 1.54) is 0 Å². The van der Waals surface area contributed by atoms with E-state index >= 15 is 0 Å². The molecule has 2 aliphatic rings. The number of nitrogens with one attached hydrogen (secondary N) is 2. The molecule has 4 rings (SSSR count). The average molecular weight is 394 g/mol. The maximum Gasteiger partial charge on any atom is 0.310 e. The van der Waals surface area contributed by atoms with Crippen LogP contribution in [0.5, 0.6) is 0 Å². The summed E-state index contributed by atoms with van der Waals surface area (Å²) >= 11 is 0. The summed E-state index contributed by atoms with van der Waals surface area (Å²) < 4.78 is 5.65. The first-order chi connectivity index (χ1) is 14.0. The van der Waals surface area contributed by atoms with Crippen LogP contribution in [0.1, 0.15) is 28.8 Å². The van der Waals surface area contributed by atoms with Gasteiger partial charge in [0.1, 0.15) is 0 Å². The molecule has 2 bridgehead atoms. The molecule has 29 heavy (non-hydrogen) atoms. The van der Waals surface area contributed by atoms with Crippen molar-refractivity contribution in [2.75, 3.05) is 5.32 Å². The van der Waals surface area contributed by atoms with Crippen LogP contribution in [0.15, 0.2) is 54.6 Å². The molecule has 150 valence electrons. The molecule has 7 heteroatoms. The Labute approximate surface area is 168 Å². The van der Waals surface area contributed by atoms with Crippen LogP contribution in [0.25, 0.3) is 0 Å². The smallest absolute Gasteiger partial charge is 0.310 e. The van der Waals surface area contributed by atoms with Gasteiger partial charge in [0.25, 0.3) is 5.91 Å². The molecule has 0 radical (unpaired) electrons. The highest BCUT2D eigenvalue weighted by Gasteiger charge is 2.55. The number of carboxylic acid groups (broad SMARTS) is 1. The molecule has 0 aromatic heterocycles. The normalized spacial score (nSPS) is 24.8. The fraction of sp³-hybridized carbons (Fsp3) is 0.318. The molecular weight excluding hydrogens is 372 g/mol. The Morgan fingerprint density at radius 2 is 1.69 bits per heavy atom. The second kappa shape index (κ2) is 8.05. The van der Waals surface area contributed by atoms with Gasteiger partial charge in [0.2, 0.25) is 5.91 Å². The summed E-state index contributed by atoms with van der Waals surface area (Å²) in [5.41, 5.74) is 1.85. The van der Waals surface area contributed by atoms with Crippen LogP contribution in [0.2, 0.25) is 0 Å². The van der Waals surface area contributed by atoms with E-state index in [1.54, 1.807) is 24.3 Å². The van der Waals surface area contributed by atoms with Crippen molar-refractivity contribution in [3.63, 3.8) is 0 Å². The highest BCUT2D eigenvalue weighted by atomic mass is 16.5. The van der Waals surface area contributed by atoms with Crippen molar-refractivity contribution in [2.24, 2.45) is 11.8 Å². The van der Waals surface area contributed by atoms with E-state index in [2.05, 4.69) is 10.6 Å². The Morgan fingerprint density at radius 1 is 0.966 bits per heavy atom. The number of hydrogen-bond donors (Lipinski definition) is 3. The number of amides is 2. The summed E-state index contributed by atoms with van der Waals surface area (Å²) in [5.74, 6) is -3.19. The number of rotatable bonds is 6. The highest BCUT2D eigenvalue weighted by Crippen LogP contribution is 2.44. The number of anilines is 1. The fourth-order valence-corrected chi connectivity index (χ4v) is 4.17. The van der Waals surface area contributed by atoms with Gasteiger partial charge in [-0.05, 0) is 36.6 Å². The minimum absolute atomic E-state index is 0.253. The molecular formula is C22H22N2O5. The highest BCUT2D eigenvalue weighted by molar-refractivity contribution is 5.99. The van der Waals surface area contributed by atoms with Crippen molar-refractivity contribution in [1.82, 2.24) is 5.32 Å². The van der Waals surface area contributed by atoms with E-state index in [9.17, 15) is 19.5 Å². The number of fused-ring (bicyclic) bond motifs is 2. The van der Waals surface area contributed by atoms with Crippen molar-refractivity contribution in [1.29, 1.82) is 0 Å². The van der Waals surface area contributed by atoms with Crippen LogP contribution in [0.3, 0.4) is 0 Å². The van der Waals surface area contributed by atoms with Crippen molar-refractivity contribution in [2.45, 2.75) is 31.6 Å². The molecule has 0 aliphatic carbocycles. The predicted molar refractivity (Wildman–Crippen MR) is 105 cm³/mol. The molecule has 4 atom stereocenters. The fourth-order valence-electron chi connectivity index (χ4n) is 4.17. The lowest BCUT2D eigenvalue weighted by molar-refractivity contribution is -0.147. The molecule has 0 unspecified atom stereocenters. The van der Waals surface area contributed by atoms with Gasteiger partial charge in [0.15, 0.2) is 0 Å². The van der Waals surface area contributed by atoms with E-state index in [1.807, 2.05) is 30.3 Å². The molecule has 7 nitrogen and oxygen atoms in total. The number of ether oxygens (including phenoxy) is 1. The largest absolute Gasteiger partial charge is 0.481 e. The lowest BCUT2D eigenvalue weighted by atomic mass is 9.78. The van der Waals surface area contributed by atoms with Gasteiger partial charge >= 0.3 is 5.97 Å². The minimum Gasteiger partial charge on any atom is -0.481 e. The van der Waals surface area contributed by atoms with Gasteiger partial charge in [0, 0.05) is 17.8 Å². The molecule has 2 amide bonds. The van der Waals surface area contributed by atoms with E-state index in [4.69, 9.17) is 4.74 Å². The molecule has 2 aromatic carbocycles. The SMILES string of the molecule is O=C(NCc1ccccc1)c1cccc(NC(=O)[C@H]2[C@@H](C(=O)O)[C@H]3CC[C@H]2O3)c1. The summed E-state index contributed by atoms with van der Waals surface area (Å²) in [6.45, 7) is 0.402. The molecule has 2 heterocycles. The Balaban J connectivity index is 1.41. The summed E-state index contributed by atoms with van der Waals surface area (Å²) in [7, 11) is 0. The number of carboxylic acids is 1. The summed E-state index contributed by atoms with van der Waals surface area (Å²) in [5, 5.41) is 15.1. The Hall–Kier alpha value is -3.19. The number of carbonyl (C=O) groups excluding carboxylic acids is 2. The first kappa shape index (κ1) is 19.1.